The quantitative estimate of drug-likeness (QED) is 0.169. The highest BCUT2D eigenvalue weighted by Crippen LogP contribution is 2.63. The molecule has 198 valence electrons. The first-order valence-electron chi connectivity index (χ1n) is 13.0. The molecular weight excluding hydrogens is 577 g/mol. The third-order valence-electron chi connectivity index (χ3n) is 8.30. The van der Waals surface area contributed by atoms with Crippen molar-refractivity contribution in [2.24, 2.45) is 23.7 Å². The Hall–Kier alpha value is -3.30. The van der Waals surface area contributed by atoms with Crippen LogP contribution in [0.3, 0.4) is 0 Å². The van der Waals surface area contributed by atoms with Crippen LogP contribution in [0.15, 0.2) is 94.3 Å². The number of Topliss-reactive ketones (excluding diaryl/α,β-unsaturated/α-hetero) is 4. The zero-order valence-electron chi connectivity index (χ0n) is 21.0. The van der Waals surface area contributed by atoms with Crippen molar-refractivity contribution in [3.8, 4) is 0 Å². The van der Waals surface area contributed by atoms with E-state index in [-0.39, 0.29) is 23.1 Å². The summed E-state index contributed by atoms with van der Waals surface area (Å²) in [7, 11) is 0. The Bertz CT molecular complexity index is 1470. The number of carbonyl (C=O) groups is 4. The molecule has 4 nitrogen and oxygen atoms in total. The lowest BCUT2D eigenvalue weighted by Gasteiger charge is -2.55. The molecule has 3 unspecified atom stereocenters. The molecule has 1 saturated carbocycles. The molecule has 1 aromatic carbocycles. The summed E-state index contributed by atoms with van der Waals surface area (Å²) in [6, 6.07) is 22.3. The minimum Gasteiger partial charge on any atom is -0.293 e. The standard InChI is InChI=1S/C32H22O4S4/c33-29(19-9-3-13-37-19)25-23-17-7-1-2-8-18(17)24(27(25)31(35)21-11-5-15-39-21)28(32(36)22-12-6-16-40-22)26(23)30(34)20-10-4-14-38-20/h1-16,23-28H/t23?,24?,25-,26-,27+,28?/m0/s1. The number of rotatable bonds is 8. The molecule has 3 aliphatic rings. The average Bonchev–Trinajstić information content (AvgIpc) is 3.82. The van der Waals surface area contributed by atoms with Crippen LogP contribution in [-0.4, -0.2) is 23.1 Å². The van der Waals surface area contributed by atoms with E-state index >= 15 is 0 Å². The van der Waals surface area contributed by atoms with Crippen LogP contribution in [-0.2, 0) is 0 Å². The molecule has 0 amide bonds. The van der Waals surface area contributed by atoms with Crippen molar-refractivity contribution in [2.75, 3.05) is 0 Å². The van der Waals surface area contributed by atoms with Gasteiger partial charge in [0.15, 0.2) is 23.1 Å². The van der Waals surface area contributed by atoms with Gasteiger partial charge < -0.3 is 0 Å². The fraction of sp³-hybridized carbons (Fsp3) is 0.188. The monoisotopic (exact) mass is 598 g/mol. The number of ketones is 4. The fourth-order valence-electron chi connectivity index (χ4n) is 6.87. The zero-order chi connectivity index (χ0) is 27.4. The maximum atomic E-state index is 14.4. The molecule has 1 fully saturated rings. The van der Waals surface area contributed by atoms with Crippen LogP contribution >= 0.6 is 45.3 Å². The summed E-state index contributed by atoms with van der Waals surface area (Å²) in [6.45, 7) is 0. The van der Waals surface area contributed by atoms with Gasteiger partial charge in [0.2, 0.25) is 0 Å². The summed E-state index contributed by atoms with van der Waals surface area (Å²) < 4.78 is 0. The fourth-order valence-corrected chi connectivity index (χ4v) is 9.72. The van der Waals surface area contributed by atoms with E-state index in [0.29, 0.717) is 19.5 Å². The largest absolute Gasteiger partial charge is 0.293 e. The van der Waals surface area contributed by atoms with Crippen LogP contribution in [0.4, 0.5) is 0 Å². The Kier molecular flexibility index (Phi) is 6.59. The molecule has 8 rings (SSSR count). The Balaban J connectivity index is 1.50. The molecule has 0 N–H and O–H groups in total. The molecule has 0 saturated heterocycles. The minimum absolute atomic E-state index is 0.125. The predicted octanol–water partition coefficient (Wildman–Crippen LogP) is 8.12. The molecule has 3 aliphatic carbocycles. The molecule has 6 atom stereocenters. The normalized spacial score (nSPS) is 24.9. The Labute approximate surface area is 247 Å². The average molecular weight is 599 g/mol. The molecular formula is C32H22O4S4. The molecule has 40 heavy (non-hydrogen) atoms. The van der Waals surface area contributed by atoms with Gasteiger partial charge in [-0.2, -0.15) is 0 Å². The number of fused-ring (bicyclic) bond motifs is 2. The van der Waals surface area contributed by atoms with E-state index in [9.17, 15) is 19.2 Å². The summed E-state index contributed by atoms with van der Waals surface area (Å²) >= 11 is 5.40. The number of hydrogen-bond donors (Lipinski definition) is 0. The lowest BCUT2D eigenvalue weighted by molar-refractivity contribution is 0.0266. The summed E-state index contributed by atoms with van der Waals surface area (Å²) in [5, 5.41) is 7.43. The summed E-state index contributed by atoms with van der Waals surface area (Å²) in [5.41, 5.74) is 1.81. The second-order valence-electron chi connectivity index (χ2n) is 10.1. The van der Waals surface area contributed by atoms with Gasteiger partial charge in [-0.3, -0.25) is 19.2 Å². The molecule has 0 spiro atoms. The molecule has 5 aromatic rings. The van der Waals surface area contributed by atoms with Crippen molar-refractivity contribution >= 4 is 68.5 Å². The van der Waals surface area contributed by atoms with E-state index in [4.69, 9.17) is 0 Å². The number of carbonyl (C=O) groups excluding carboxylic acids is 4. The highest BCUT2D eigenvalue weighted by Gasteiger charge is 2.64. The van der Waals surface area contributed by atoms with Gasteiger partial charge in [-0.15, -0.1) is 45.3 Å². The first kappa shape index (κ1) is 25.7. The van der Waals surface area contributed by atoms with E-state index in [0.717, 1.165) is 11.1 Å². The van der Waals surface area contributed by atoms with E-state index in [1.54, 1.807) is 24.3 Å². The van der Waals surface area contributed by atoms with Crippen molar-refractivity contribution in [3.05, 3.63) is 125 Å². The van der Waals surface area contributed by atoms with Gasteiger partial charge >= 0.3 is 0 Å². The van der Waals surface area contributed by atoms with Crippen molar-refractivity contribution in [1.82, 2.24) is 0 Å². The Morgan fingerprint density at radius 2 is 0.675 bits per heavy atom. The third-order valence-corrected chi connectivity index (χ3v) is 11.8. The van der Waals surface area contributed by atoms with Gasteiger partial charge in [0.1, 0.15) is 0 Å². The van der Waals surface area contributed by atoms with Crippen LogP contribution < -0.4 is 0 Å². The summed E-state index contributed by atoms with van der Waals surface area (Å²) in [6.07, 6.45) is 0. The minimum atomic E-state index is -0.755. The lowest BCUT2D eigenvalue weighted by atomic mass is 9.45. The maximum Gasteiger partial charge on any atom is 0.177 e. The summed E-state index contributed by atoms with van der Waals surface area (Å²) in [4.78, 5) is 59.8. The van der Waals surface area contributed by atoms with Crippen LogP contribution in [0, 0.1) is 23.7 Å². The number of hydrogen-bond acceptors (Lipinski definition) is 8. The molecule has 0 aliphatic heterocycles. The lowest BCUT2D eigenvalue weighted by Crippen LogP contribution is -2.57. The van der Waals surface area contributed by atoms with E-state index < -0.39 is 35.5 Å². The molecule has 4 heterocycles. The van der Waals surface area contributed by atoms with Crippen LogP contribution in [0.25, 0.3) is 0 Å². The van der Waals surface area contributed by atoms with Gasteiger partial charge in [0.25, 0.3) is 0 Å². The SMILES string of the molecule is O=C(c1cccs1)C1C2c3ccccc3C([C@@H]1C(=O)c1cccs1)[C@H](C(=O)c1cccs1)[C@@H]2C(=O)c1cccs1. The topological polar surface area (TPSA) is 68.3 Å². The van der Waals surface area contributed by atoms with Gasteiger partial charge in [-0.25, -0.2) is 0 Å². The molecule has 2 bridgehead atoms. The first-order valence-corrected chi connectivity index (χ1v) is 16.5. The van der Waals surface area contributed by atoms with Crippen LogP contribution in [0.1, 0.15) is 61.6 Å². The van der Waals surface area contributed by atoms with Gasteiger partial charge in [0.05, 0.1) is 19.5 Å². The van der Waals surface area contributed by atoms with Crippen LogP contribution in [0.2, 0.25) is 0 Å². The van der Waals surface area contributed by atoms with Crippen molar-refractivity contribution in [1.29, 1.82) is 0 Å². The zero-order valence-corrected chi connectivity index (χ0v) is 24.2. The number of benzene rings is 1. The predicted molar refractivity (Wildman–Crippen MR) is 160 cm³/mol. The van der Waals surface area contributed by atoms with Crippen molar-refractivity contribution < 1.29 is 19.2 Å². The van der Waals surface area contributed by atoms with Gasteiger partial charge in [-0.05, 0) is 56.9 Å². The summed E-state index contributed by atoms with van der Waals surface area (Å²) in [5.74, 6) is -4.73. The third kappa shape index (κ3) is 3.96. The molecule has 4 aromatic heterocycles. The highest BCUT2D eigenvalue weighted by atomic mass is 32.1. The van der Waals surface area contributed by atoms with E-state index in [1.807, 2.05) is 70.1 Å². The van der Waals surface area contributed by atoms with E-state index in [2.05, 4.69) is 0 Å². The molecule has 8 heteroatoms. The number of thiophene rings is 4. The van der Waals surface area contributed by atoms with Crippen LogP contribution in [0.5, 0.6) is 0 Å². The second-order valence-corrected chi connectivity index (χ2v) is 13.9. The van der Waals surface area contributed by atoms with E-state index in [1.165, 1.54) is 45.3 Å². The van der Waals surface area contributed by atoms with Crippen molar-refractivity contribution in [3.63, 3.8) is 0 Å². The Morgan fingerprint density at radius 1 is 0.400 bits per heavy atom. The van der Waals surface area contributed by atoms with Gasteiger partial charge in [-0.1, -0.05) is 48.5 Å². The Morgan fingerprint density at radius 3 is 0.900 bits per heavy atom. The first-order chi connectivity index (χ1) is 19.6. The molecule has 0 radical (unpaired) electrons. The maximum absolute atomic E-state index is 14.4. The van der Waals surface area contributed by atoms with Crippen molar-refractivity contribution in [2.45, 2.75) is 11.8 Å². The van der Waals surface area contributed by atoms with Gasteiger partial charge in [0, 0.05) is 35.5 Å². The highest BCUT2D eigenvalue weighted by molar-refractivity contribution is 7.13. The second kappa shape index (κ2) is 10.3. The smallest absolute Gasteiger partial charge is 0.177 e.